The van der Waals surface area contributed by atoms with Gasteiger partial charge in [0.2, 0.25) is 0 Å². The molecule has 0 aliphatic carbocycles. The molecule has 0 radical (unpaired) electrons. The van der Waals surface area contributed by atoms with Crippen molar-refractivity contribution in [2.24, 2.45) is 5.73 Å². The van der Waals surface area contributed by atoms with E-state index in [-0.39, 0.29) is 17.5 Å². The van der Waals surface area contributed by atoms with Crippen molar-refractivity contribution in [3.8, 4) is 5.82 Å². The highest BCUT2D eigenvalue weighted by Gasteiger charge is 2.09. The standard InChI is InChI=1S/C10H10ClN5O2/c1-18-5-8-13-7(11)4-9(14-8)16-3-2-6(15-16)10(12)17/h2-4H,5H2,1H3,(H2,12,17). The van der Waals surface area contributed by atoms with Gasteiger partial charge in [0.25, 0.3) is 5.91 Å². The van der Waals surface area contributed by atoms with Crippen LogP contribution in [0.1, 0.15) is 16.3 Å². The van der Waals surface area contributed by atoms with Crippen LogP contribution in [0, 0.1) is 0 Å². The summed E-state index contributed by atoms with van der Waals surface area (Å²) in [5.74, 6) is 0.261. The van der Waals surface area contributed by atoms with Crippen molar-refractivity contribution < 1.29 is 9.53 Å². The highest BCUT2D eigenvalue weighted by molar-refractivity contribution is 6.29. The van der Waals surface area contributed by atoms with Crippen LogP contribution in [0.2, 0.25) is 5.15 Å². The van der Waals surface area contributed by atoms with E-state index < -0.39 is 5.91 Å². The van der Waals surface area contributed by atoms with E-state index in [9.17, 15) is 4.79 Å². The van der Waals surface area contributed by atoms with Crippen LogP contribution in [0.5, 0.6) is 0 Å². The summed E-state index contributed by atoms with van der Waals surface area (Å²) >= 11 is 5.87. The fraction of sp³-hybridized carbons (Fsp3) is 0.200. The Balaban J connectivity index is 2.39. The Morgan fingerprint density at radius 1 is 1.56 bits per heavy atom. The van der Waals surface area contributed by atoms with Crippen LogP contribution >= 0.6 is 11.6 Å². The minimum absolute atomic E-state index is 0.151. The molecule has 0 unspecified atom stereocenters. The molecule has 18 heavy (non-hydrogen) atoms. The largest absolute Gasteiger partial charge is 0.377 e. The van der Waals surface area contributed by atoms with E-state index in [1.165, 1.54) is 23.9 Å². The summed E-state index contributed by atoms with van der Waals surface area (Å²) in [7, 11) is 1.53. The maximum Gasteiger partial charge on any atom is 0.269 e. The van der Waals surface area contributed by atoms with Gasteiger partial charge < -0.3 is 10.5 Å². The molecule has 8 heteroatoms. The van der Waals surface area contributed by atoms with Gasteiger partial charge in [-0.15, -0.1) is 0 Å². The van der Waals surface area contributed by atoms with E-state index in [2.05, 4.69) is 15.1 Å². The van der Waals surface area contributed by atoms with E-state index in [1.54, 1.807) is 6.20 Å². The van der Waals surface area contributed by atoms with Crippen LogP contribution in [-0.4, -0.2) is 32.8 Å². The number of nitrogens with two attached hydrogens (primary N) is 1. The number of carbonyl (C=O) groups is 1. The quantitative estimate of drug-likeness (QED) is 0.817. The summed E-state index contributed by atoms with van der Waals surface area (Å²) in [4.78, 5) is 19.1. The molecule has 0 aromatic carbocycles. The number of hydrogen-bond acceptors (Lipinski definition) is 5. The molecule has 0 atom stereocenters. The van der Waals surface area contributed by atoms with Gasteiger partial charge in [-0.25, -0.2) is 14.6 Å². The Morgan fingerprint density at radius 3 is 2.94 bits per heavy atom. The zero-order chi connectivity index (χ0) is 13.1. The summed E-state index contributed by atoms with van der Waals surface area (Å²) in [5, 5.41) is 4.24. The number of rotatable bonds is 4. The van der Waals surface area contributed by atoms with E-state index in [0.717, 1.165) is 0 Å². The highest BCUT2D eigenvalue weighted by atomic mass is 35.5. The highest BCUT2D eigenvalue weighted by Crippen LogP contribution is 2.12. The fourth-order valence-electron chi connectivity index (χ4n) is 1.35. The van der Waals surface area contributed by atoms with Crippen molar-refractivity contribution >= 4 is 17.5 Å². The number of hydrogen-bond donors (Lipinski definition) is 1. The molecule has 2 aromatic heterocycles. The summed E-state index contributed by atoms with van der Waals surface area (Å²) < 4.78 is 6.33. The first-order valence-electron chi connectivity index (χ1n) is 4.98. The van der Waals surface area contributed by atoms with Crippen molar-refractivity contribution in [1.82, 2.24) is 19.7 Å². The topological polar surface area (TPSA) is 95.9 Å². The number of carbonyl (C=O) groups excluding carboxylic acids is 1. The summed E-state index contributed by atoms with van der Waals surface area (Å²) in [6.07, 6.45) is 1.56. The molecule has 0 aliphatic rings. The van der Waals surface area contributed by atoms with Crippen LogP contribution < -0.4 is 5.73 Å². The zero-order valence-electron chi connectivity index (χ0n) is 9.50. The van der Waals surface area contributed by atoms with E-state index in [1.807, 2.05) is 0 Å². The van der Waals surface area contributed by atoms with Gasteiger partial charge >= 0.3 is 0 Å². The number of aromatic nitrogens is 4. The average molecular weight is 268 g/mol. The Morgan fingerprint density at radius 2 is 2.33 bits per heavy atom. The number of amides is 1. The molecule has 0 fully saturated rings. The van der Waals surface area contributed by atoms with Crippen LogP contribution in [0.25, 0.3) is 5.82 Å². The molecular formula is C10H10ClN5O2. The number of nitrogens with zero attached hydrogens (tertiary/aromatic N) is 4. The van der Waals surface area contributed by atoms with Gasteiger partial charge in [0.15, 0.2) is 11.6 Å². The first kappa shape index (κ1) is 12.5. The normalized spacial score (nSPS) is 10.6. The number of primary amides is 1. The van der Waals surface area contributed by atoms with Gasteiger partial charge in [-0.1, -0.05) is 11.6 Å². The first-order valence-corrected chi connectivity index (χ1v) is 5.36. The lowest BCUT2D eigenvalue weighted by Crippen LogP contribution is -2.12. The maximum atomic E-state index is 10.9. The molecule has 7 nitrogen and oxygen atoms in total. The lowest BCUT2D eigenvalue weighted by atomic mass is 10.4. The third kappa shape index (κ3) is 2.63. The number of ether oxygens (including phenoxy) is 1. The van der Waals surface area contributed by atoms with Gasteiger partial charge in [-0.3, -0.25) is 4.79 Å². The van der Waals surface area contributed by atoms with Crippen LogP contribution in [0.4, 0.5) is 0 Å². The lowest BCUT2D eigenvalue weighted by molar-refractivity contribution is 0.0995. The molecule has 0 bridgehead atoms. The molecule has 94 valence electrons. The van der Waals surface area contributed by atoms with Crippen molar-refractivity contribution in [3.63, 3.8) is 0 Å². The smallest absolute Gasteiger partial charge is 0.269 e. The predicted molar refractivity (Wildman–Crippen MR) is 63.4 cm³/mol. The maximum absolute atomic E-state index is 10.9. The van der Waals surface area contributed by atoms with Crippen LogP contribution in [0.15, 0.2) is 18.3 Å². The van der Waals surface area contributed by atoms with E-state index in [0.29, 0.717) is 11.6 Å². The molecule has 0 aliphatic heterocycles. The average Bonchev–Trinajstić information content (AvgIpc) is 2.78. The molecule has 0 saturated carbocycles. The second-order valence-corrected chi connectivity index (χ2v) is 3.80. The summed E-state index contributed by atoms with van der Waals surface area (Å²) in [6, 6.07) is 3.02. The van der Waals surface area contributed by atoms with Gasteiger partial charge in [0, 0.05) is 19.4 Å². The third-order valence-corrected chi connectivity index (χ3v) is 2.27. The van der Waals surface area contributed by atoms with Gasteiger partial charge in [-0.05, 0) is 6.07 Å². The van der Waals surface area contributed by atoms with Gasteiger partial charge in [-0.2, -0.15) is 5.10 Å². The Kier molecular flexibility index (Phi) is 3.54. The van der Waals surface area contributed by atoms with Crippen LogP contribution in [-0.2, 0) is 11.3 Å². The SMILES string of the molecule is COCc1nc(Cl)cc(-n2ccc(C(N)=O)n2)n1. The molecule has 1 amide bonds. The Labute approximate surface area is 108 Å². The van der Waals surface area contributed by atoms with E-state index >= 15 is 0 Å². The van der Waals surface area contributed by atoms with Crippen molar-refractivity contribution in [1.29, 1.82) is 0 Å². The van der Waals surface area contributed by atoms with Gasteiger partial charge in [0.1, 0.15) is 17.5 Å². The van der Waals surface area contributed by atoms with Crippen LogP contribution in [0.3, 0.4) is 0 Å². The summed E-state index contributed by atoms with van der Waals surface area (Å²) in [6.45, 7) is 0.234. The Bertz CT molecular complexity index is 583. The Hall–Kier alpha value is -1.99. The minimum atomic E-state index is -0.606. The molecule has 2 aromatic rings. The van der Waals surface area contributed by atoms with Crippen molar-refractivity contribution in [2.45, 2.75) is 6.61 Å². The molecular weight excluding hydrogens is 258 g/mol. The van der Waals surface area contributed by atoms with Gasteiger partial charge in [0.05, 0.1) is 0 Å². The molecule has 2 rings (SSSR count). The summed E-state index contributed by atoms with van der Waals surface area (Å²) in [5.41, 5.74) is 5.27. The second kappa shape index (κ2) is 5.11. The fourth-order valence-corrected chi connectivity index (χ4v) is 1.54. The molecule has 2 heterocycles. The molecule has 2 N–H and O–H groups in total. The number of halogens is 1. The number of methoxy groups -OCH3 is 1. The zero-order valence-corrected chi connectivity index (χ0v) is 10.3. The van der Waals surface area contributed by atoms with E-state index in [4.69, 9.17) is 22.1 Å². The second-order valence-electron chi connectivity index (χ2n) is 3.41. The van der Waals surface area contributed by atoms with Crippen molar-refractivity contribution in [2.75, 3.05) is 7.11 Å². The predicted octanol–water partition coefficient (Wildman–Crippen LogP) is 0.561. The van der Waals surface area contributed by atoms with Crippen molar-refractivity contribution in [3.05, 3.63) is 35.0 Å². The monoisotopic (exact) mass is 267 g/mol. The third-order valence-electron chi connectivity index (χ3n) is 2.08. The molecule has 0 saturated heterocycles. The minimum Gasteiger partial charge on any atom is -0.377 e. The molecule has 0 spiro atoms. The lowest BCUT2D eigenvalue weighted by Gasteiger charge is -2.04. The first-order chi connectivity index (χ1) is 8.60.